The molecule has 0 radical (unpaired) electrons. The minimum Gasteiger partial charge on any atom is -0.464 e. The molecule has 0 N–H and O–H groups in total. The number of Topliss-reactive ketones (excluding diaryl/α,β-unsaturated/α-hetero) is 1. The molecule has 0 spiro atoms. The summed E-state index contributed by atoms with van der Waals surface area (Å²) >= 11 is 0. The molecular weight excluding hydrogens is 266 g/mol. The van der Waals surface area contributed by atoms with Crippen LogP contribution in [0.5, 0.6) is 0 Å². The summed E-state index contributed by atoms with van der Waals surface area (Å²) in [6.45, 7) is 9.34. The number of allylic oxidation sites excluding steroid dienone is 2. The fourth-order valence-corrected chi connectivity index (χ4v) is 2.93. The van der Waals surface area contributed by atoms with Gasteiger partial charge in [-0.25, -0.2) is 0 Å². The summed E-state index contributed by atoms with van der Waals surface area (Å²) in [5.41, 5.74) is 0. The Hall–Kier alpha value is -1.16. The lowest BCUT2D eigenvalue weighted by atomic mass is 9.90. The van der Waals surface area contributed by atoms with E-state index in [2.05, 4.69) is 24.8 Å². The number of likely N-dealkylation sites (N-methyl/N-ethyl adjacent to an activating group) is 1. The van der Waals surface area contributed by atoms with Gasteiger partial charge in [0, 0.05) is 25.8 Å². The average Bonchev–Trinajstić information content (AvgIpc) is 2.81. The van der Waals surface area contributed by atoms with Gasteiger partial charge in [0.15, 0.2) is 0 Å². The topological polar surface area (TPSA) is 46.6 Å². The summed E-state index contributed by atoms with van der Waals surface area (Å²) in [4.78, 5) is 25.7. The Morgan fingerprint density at radius 2 is 1.95 bits per heavy atom. The number of carbonyl (C=O) groups excluding carboxylic acids is 2. The van der Waals surface area contributed by atoms with Crippen LogP contribution in [0, 0.1) is 11.8 Å². The molecule has 21 heavy (non-hydrogen) atoms. The molecule has 1 aliphatic carbocycles. The van der Waals surface area contributed by atoms with Crippen molar-refractivity contribution in [2.45, 2.75) is 46.5 Å². The van der Waals surface area contributed by atoms with Crippen molar-refractivity contribution in [2.75, 3.05) is 26.2 Å². The Morgan fingerprint density at radius 1 is 1.29 bits per heavy atom. The number of hydrogen-bond donors (Lipinski definition) is 0. The van der Waals surface area contributed by atoms with Gasteiger partial charge < -0.3 is 9.64 Å². The summed E-state index contributed by atoms with van der Waals surface area (Å²) in [7, 11) is 0. The molecule has 0 aromatic heterocycles. The van der Waals surface area contributed by atoms with Crippen molar-refractivity contribution in [1.29, 1.82) is 0 Å². The zero-order chi connectivity index (χ0) is 15.7. The van der Waals surface area contributed by atoms with Gasteiger partial charge in [0.05, 0.1) is 0 Å². The molecular formula is C17H29NO3. The van der Waals surface area contributed by atoms with Crippen LogP contribution in [-0.4, -0.2) is 42.9 Å². The molecule has 2 atom stereocenters. The van der Waals surface area contributed by atoms with E-state index < -0.39 is 0 Å². The fourth-order valence-electron chi connectivity index (χ4n) is 2.93. The molecule has 0 amide bonds. The lowest BCUT2D eigenvalue weighted by Crippen LogP contribution is -2.28. The molecule has 4 nitrogen and oxygen atoms in total. The van der Waals surface area contributed by atoms with Crippen molar-refractivity contribution >= 4 is 11.8 Å². The van der Waals surface area contributed by atoms with Gasteiger partial charge in [0.2, 0.25) is 0 Å². The number of ether oxygens (including phenoxy) is 1. The Balaban J connectivity index is 2.33. The monoisotopic (exact) mass is 295 g/mol. The second-order valence-corrected chi connectivity index (χ2v) is 5.72. The highest BCUT2D eigenvalue weighted by Crippen LogP contribution is 2.34. The van der Waals surface area contributed by atoms with Crippen LogP contribution in [0.1, 0.15) is 46.5 Å². The van der Waals surface area contributed by atoms with Crippen molar-refractivity contribution < 1.29 is 14.3 Å². The minimum absolute atomic E-state index is 0.160. The van der Waals surface area contributed by atoms with Gasteiger partial charge in [-0.05, 0) is 38.3 Å². The van der Waals surface area contributed by atoms with Crippen molar-refractivity contribution in [1.82, 2.24) is 4.90 Å². The van der Waals surface area contributed by atoms with Gasteiger partial charge in [0.1, 0.15) is 12.4 Å². The van der Waals surface area contributed by atoms with Crippen LogP contribution in [0.15, 0.2) is 12.2 Å². The Morgan fingerprint density at radius 3 is 2.57 bits per heavy atom. The Kier molecular flexibility index (Phi) is 8.28. The zero-order valence-electron chi connectivity index (χ0n) is 13.6. The molecule has 0 bridgehead atoms. The standard InChI is InChI=1S/C17H29NO3/c1-4-7-8-14-11-16(19)12-15(14)13-17(20)21-10-9-18(5-2)6-3/h4,7,14-15H,5-6,8-13H2,1-3H3. The molecule has 1 saturated carbocycles. The highest BCUT2D eigenvalue weighted by Gasteiger charge is 2.33. The van der Waals surface area contributed by atoms with E-state index in [0.717, 1.165) is 26.1 Å². The summed E-state index contributed by atoms with van der Waals surface area (Å²) in [6, 6.07) is 0. The summed E-state index contributed by atoms with van der Waals surface area (Å²) < 4.78 is 5.32. The SMILES string of the molecule is CC=CCC1CC(=O)CC1CC(=O)OCCN(CC)CC. The largest absolute Gasteiger partial charge is 0.464 e. The zero-order valence-corrected chi connectivity index (χ0v) is 13.6. The smallest absolute Gasteiger partial charge is 0.306 e. The van der Waals surface area contributed by atoms with Crippen molar-refractivity contribution in [3.05, 3.63) is 12.2 Å². The second-order valence-electron chi connectivity index (χ2n) is 5.72. The van der Waals surface area contributed by atoms with Crippen molar-refractivity contribution in [2.24, 2.45) is 11.8 Å². The van der Waals surface area contributed by atoms with E-state index in [-0.39, 0.29) is 17.7 Å². The molecule has 1 aliphatic rings. The number of hydrogen-bond acceptors (Lipinski definition) is 4. The predicted molar refractivity (Wildman–Crippen MR) is 84.0 cm³/mol. The summed E-state index contributed by atoms with van der Waals surface area (Å²) in [5.74, 6) is 0.594. The molecule has 0 aliphatic heterocycles. The first-order chi connectivity index (χ1) is 10.1. The fraction of sp³-hybridized carbons (Fsp3) is 0.765. The van der Waals surface area contributed by atoms with E-state index in [9.17, 15) is 9.59 Å². The maximum Gasteiger partial charge on any atom is 0.306 e. The van der Waals surface area contributed by atoms with Crippen LogP contribution in [-0.2, 0) is 14.3 Å². The quantitative estimate of drug-likeness (QED) is 0.485. The third-order valence-electron chi connectivity index (χ3n) is 4.31. The van der Waals surface area contributed by atoms with E-state index in [1.54, 1.807) is 0 Å². The van der Waals surface area contributed by atoms with Gasteiger partial charge in [-0.15, -0.1) is 0 Å². The number of nitrogens with zero attached hydrogens (tertiary/aromatic N) is 1. The molecule has 0 heterocycles. The van der Waals surface area contributed by atoms with Crippen LogP contribution in [0.4, 0.5) is 0 Å². The first kappa shape index (κ1) is 17.9. The van der Waals surface area contributed by atoms with Crippen LogP contribution in [0.25, 0.3) is 0 Å². The van der Waals surface area contributed by atoms with E-state index in [4.69, 9.17) is 4.74 Å². The molecule has 0 aromatic rings. The third-order valence-corrected chi connectivity index (χ3v) is 4.31. The molecule has 2 unspecified atom stereocenters. The minimum atomic E-state index is -0.160. The Labute approximate surface area is 128 Å². The lowest BCUT2D eigenvalue weighted by molar-refractivity contribution is -0.145. The summed E-state index contributed by atoms with van der Waals surface area (Å²) in [6.07, 6.45) is 6.51. The third kappa shape index (κ3) is 6.42. The van der Waals surface area contributed by atoms with Crippen LogP contribution in [0.2, 0.25) is 0 Å². The summed E-state index contributed by atoms with van der Waals surface area (Å²) in [5, 5.41) is 0. The van der Waals surface area contributed by atoms with Crippen LogP contribution in [0.3, 0.4) is 0 Å². The van der Waals surface area contributed by atoms with Crippen LogP contribution >= 0.6 is 0 Å². The van der Waals surface area contributed by atoms with Gasteiger partial charge in [-0.2, -0.15) is 0 Å². The van der Waals surface area contributed by atoms with Crippen molar-refractivity contribution in [3.63, 3.8) is 0 Å². The van der Waals surface area contributed by atoms with E-state index >= 15 is 0 Å². The van der Waals surface area contributed by atoms with E-state index in [1.807, 2.05) is 13.0 Å². The molecule has 4 heteroatoms. The van der Waals surface area contributed by atoms with Crippen LogP contribution < -0.4 is 0 Å². The molecule has 1 fully saturated rings. The normalized spacial score (nSPS) is 22.4. The number of ketones is 1. The maximum atomic E-state index is 11.9. The highest BCUT2D eigenvalue weighted by molar-refractivity contribution is 5.82. The molecule has 0 saturated heterocycles. The second kappa shape index (κ2) is 9.72. The predicted octanol–water partition coefficient (Wildman–Crippen LogP) is 2.82. The molecule has 1 rings (SSSR count). The van der Waals surface area contributed by atoms with E-state index in [0.29, 0.717) is 31.8 Å². The van der Waals surface area contributed by atoms with Gasteiger partial charge in [0.25, 0.3) is 0 Å². The maximum absolute atomic E-state index is 11.9. The van der Waals surface area contributed by atoms with Gasteiger partial charge in [-0.3, -0.25) is 9.59 Å². The Bertz CT molecular complexity index is 361. The molecule has 120 valence electrons. The molecule has 0 aromatic carbocycles. The first-order valence-electron chi connectivity index (χ1n) is 8.11. The number of esters is 1. The van der Waals surface area contributed by atoms with Crippen molar-refractivity contribution in [3.8, 4) is 0 Å². The number of rotatable bonds is 9. The highest BCUT2D eigenvalue weighted by atomic mass is 16.5. The number of carbonyl (C=O) groups is 2. The first-order valence-corrected chi connectivity index (χ1v) is 8.11. The average molecular weight is 295 g/mol. The van der Waals surface area contributed by atoms with Gasteiger partial charge >= 0.3 is 5.97 Å². The van der Waals surface area contributed by atoms with E-state index in [1.165, 1.54) is 0 Å². The lowest BCUT2D eigenvalue weighted by Gasteiger charge is -2.19. The van der Waals surface area contributed by atoms with Gasteiger partial charge in [-0.1, -0.05) is 26.0 Å².